The number of aryl methyl sites for hydroxylation is 1. The van der Waals surface area contributed by atoms with Gasteiger partial charge in [-0.25, -0.2) is 18.6 Å². The van der Waals surface area contributed by atoms with Gasteiger partial charge in [-0.15, -0.1) is 0 Å². The molecular formula is C22H20F2N2O4. The SMILES string of the molecule is CC(C)OC(=O)c1ccc(NC(=O)CCc2ncc(-c3ccc(F)cc3F)o2)cc1. The second kappa shape index (κ2) is 9.30. The Morgan fingerprint density at radius 1 is 1.13 bits per heavy atom. The molecule has 8 heteroatoms. The van der Waals surface area contributed by atoms with Gasteiger partial charge in [-0.3, -0.25) is 4.79 Å². The summed E-state index contributed by atoms with van der Waals surface area (Å²) < 4.78 is 37.4. The molecule has 1 amide bonds. The molecule has 0 fully saturated rings. The number of rotatable bonds is 7. The summed E-state index contributed by atoms with van der Waals surface area (Å²) in [5.41, 5.74) is 1.01. The van der Waals surface area contributed by atoms with Gasteiger partial charge >= 0.3 is 5.97 Å². The van der Waals surface area contributed by atoms with Gasteiger partial charge in [-0.2, -0.15) is 0 Å². The smallest absolute Gasteiger partial charge is 0.338 e. The number of oxazole rings is 1. The molecule has 3 rings (SSSR count). The number of nitrogens with zero attached hydrogens (tertiary/aromatic N) is 1. The fraction of sp³-hybridized carbons (Fsp3) is 0.227. The summed E-state index contributed by atoms with van der Waals surface area (Å²) in [6, 6.07) is 9.50. The van der Waals surface area contributed by atoms with E-state index in [2.05, 4.69) is 10.3 Å². The first-order chi connectivity index (χ1) is 14.3. The van der Waals surface area contributed by atoms with Gasteiger partial charge in [0.15, 0.2) is 11.7 Å². The lowest BCUT2D eigenvalue weighted by atomic mass is 10.2. The first-order valence-electron chi connectivity index (χ1n) is 9.33. The summed E-state index contributed by atoms with van der Waals surface area (Å²) in [5, 5.41) is 2.71. The quantitative estimate of drug-likeness (QED) is 0.564. The molecule has 0 aliphatic heterocycles. The number of hydrogen-bond donors (Lipinski definition) is 1. The number of benzene rings is 2. The van der Waals surface area contributed by atoms with E-state index in [9.17, 15) is 18.4 Å². The highest BCUT2D eigenvalue weighted by Crippen LogP contribution is 2.24. The van der Waals surface area contributed by atoms with Crippen molar-refractivity contribution in [2.75, 3.05) is 5.32 Å². The third-order valence-electron chi connectivity index (χ3n) is 4.06. The predicted molar refractivity (Wildman–Crippen MR) is 106 cm³/mol. The summed E-state index contributed by atoms with van der Waals surface area (Å²) in [5.74, 6) is -1.73. The Morgan fingerprint density at radius 3 is 2.53 bits per heavy atom. The molecule has 6 nitrogen and oxygen atoms in total. The second-order valence-electron chi connectivity index (χ2n) is 6.82. The Morgan fingerprint density at radius 2 is 1.87 bits per heavy atom. The summed E-state index contributed by atoms with van der Waals surface area (Å²) in [7, 11) is 0. The number of esters is 1. The van der Waals surface area contributed by atoms with Crippen molar-refractivity contribution in [1.82, 2.24) is 4.98 Å². The molecule has 30 heavy (non-hydrogen) atoms. The predicted octanol–water partition coefficient (Wildman–Crippen LogP) is 4.76. The summed E-state index contributed by atoms with van der Waals surface area (Å²) in [6.07, 6.45) is 1.40. The zero-order valence-electron chi connectivity index (χ0n) is 16.4. The lowest BCUT2D eigenvalue weighted by molar-refractivity contribution is -0.116. The largest absolute Gasteiger partial charge is 0.459 e. The van der Waals surface area contributed by atoms with Gasteiger partial charge in [0.05, 0.1) is 23.4 Å². The molecule has 0 saturated heterocycles. The lowest BCUT2D eigenvalue weighted by Crippen LogP contribution is -2.13. The highest BCUT2D eigenvalue weighted by Gasteiger charge is 2.14. The van der Waals surface area contributed by atoms with Crippen molar-refractivity contribution in [1.29, 1.82) is 0 Å². The maximum atomic E-state index is 13.8. The van der Waals surface area contributed by atoms with E-state index in [1.807, 2.05) is 0 Å². The molecule has 0 bridgehead atoms. The van der Waals surface area contributed by atoms with Gasteiger partial charge in [0, 0.05) is 24.6 Å². The van der Waals surface area contributed by atoms with Gasteiger partial charge in [0.25, 0.3) is 0 Å². The van der Waals surface area contributed by atoms with Gasteiger partial charge in [-0.05, 0) is 50.2 Å². The summed E-state index contributed by atoms with van der Waals surface area (Å²) in [4.78, 5) is 28.0. The van der Waals surface area contributed by atoms with E-state index >= 15 is 0 Å². The molecular weight excluding hydrogens is 394 g/mol. The van der Waals surface area contributed by atoms with Crippen LogP contribution in [0, 0.1) is 11.6 Å². The van der Waals surface area contributed by atoms with Crippen molar-refractivity contribution in [3.63, 3.8) is 0 Å². The van der Waals surface area contributed by atoms with E-state index in [0.717, 1.165) is 12.1 Å². The third kappa shape index (κ3) is 5.50. The maximum Gasteiger partial charge on any atom is 0.338 e. The van der Waals surface area contributed by atoms with Crippen LogP contribution in [0.4, 0.5) is 14.5 Å². The molecule has 0 saturated carbocycles. The minimum absolute atomic E-state index is 0.0863. The molecule has 0 aliphatic rings. The first-order valence-corrected chi connectivity index (χ1v) is 9.33. The first kappa shape index (κ1) is 21.2. The molecule has 0 radical (unpaired) electrons. The van der Waals surface area contributed by atoms with Crippen LogP contribution in [0.1, 0.15) is 36.5 Å². The van der Waals surface area contributed by atoms with E-state index in [-0.39, 0.29) is 42.1 Å². The third-order valence-corrected chi connectivity index (χ3v) is 4.06. The lowest BCUT2D eigenvalue weighted by Gasteiger charge is -2.09. The van der Waals surface area contributed by atoms with Crippen LogP contribution in [0.3, 0.4) is 0 Å². The Bertz CT molecular complexity index is 1050. The Balaban J connectivity index is 1.54. The van der Waals surface area contributed by atoms with Crippen LogP contribution in [0.5, 0.6) is 0 Å². The normalized spacial score (nSPS) is 10.8. The highest BCUT2D eigenvalue weighted by molar-refractivity contribution is 5.93. The van der Waals surface area contributed by atoms with Crippen molar-refractivity contribution in [3.05, 3.63) is 71.8 Å². The summed E-state index contributed by atoms with van der Waals surface area (Å²) >= 11 is 0. The fourth-order valence-corrected chi connectivity index (χ4v) is 2.66. The average Bonchev–Trinajstić information content (AvgIpc) is 3.15. The number of carbonyl (C=O) groups excluding carboxylic acids is 2. The van der Waals surface area contributed by atoms with E-state index < -0.39 is 17.6 Å². The number of hydrogen-bond acceptors (Lipinski definition) is 5. The molecule has 0 unspecified atom stereocenters. The van der Waals surface area contributed by atoms with Crippen molar-refractivity contribution in [2.45, 2.75) is 32.8 Å². The zero-order valence-corrected chi connectivity index (χ0v) is 16.4. The van der Waals surface area contributed by atoms with E-state index in [1.54, 1.807) is 38.1 Å². The van der Waals surface area contributed by atoms with Crippen LogP contribution in [-0.2, 0) is 16.0 Å². The Kier molecular flexibility index (Phi) is 6.56. The minimum atomic E-state index is -0.754. The minimum Gasteiger partial charge on any atom is -0.459 e. The number of amides is 1. The van der Waals surface area contributed by atoms with Gasteiger partial charge in [0.2, 0.25) is 5.91 Å². The molecule has 2 aromatic carbocycles. The van der Waals surface area contributed by atoms with Crippen molar-refractivity contribution in [2.24, 2.45) is 0 Å². The molecule has 0 aliphatic carbocycles. The number of aromatic nitrogens is 1. The zero-order chi connectivity index (χ0) is 21.7. The van der Waals surface area contributed by atoms with Crippen LogP contribution < -0.4 is 5.32 Å². The fourth-order valence-electron chi connectivity index (χ4n) is 2.66. The monoisotopic (exact) mass is 414 g/mol. The summed E-state index contributed by atoms with van der Waals surface area (Å²) in [6.45, 7) is 3.53. The number of ether oxygens (including phenoxy) is 1. The van der Waals surface area contributed by atoms with Crippen molar-refractivity contribution < 1.29 is 27.5 Å². The molecule has 3 aromatic rings. The molecule has 1 N–H and O–H groups in total. The van der Waals surface area contributed by atoms with E-state index in [4.69, 9.17) is 9.15 Å². The second-order valence-corrected chi connectivity index (χ2v) is 6.82. The number of carbonyl (C=O) groups is 2. The van der Waals surface area contributed by atoms with Crippen LogP contribution in [0.2, 0.25) is 0 Å². The highest BCUT2D eigenvalue weighted by atomic mass is 19.1. The van der Waals surface area contributed by atoms with Crippen LogP contribution in [0.25, 0.3) is 11.3 Å². The molecule has 1 aromatic heterocycles. The maximum absolute atomic E-state index is 13.8. The molecule has 1 heterocycles. The molecule has 156 valence electrons. The number of anilines is 1. The standard InChI is InChI=1S/C22H20F2N2O4/c1-13(2)29-22(28)14-3-6-16(7-4-14)26-20(27)9-10-21-25-12-19(30-21)17-8-5-15(23)11-18(17)24/h3-8,11-13H,9-10H2,1-2H3,(H,26,27). The van der Waals surface area contributed by atoms with Crippen molar-refractivity contribution >= 4 is 17.6 Å². The van der Waals surface area contributed by atoms with Gasteiger partial charge < -0.3 is 14.5 Å². The topological polar surface area (TPSA) is 81.4 Å². The average molecular weight is 414 g/mol. The van der Waals surface area contributed by atoms with Gasteiger partial charge in [-0.1, -0.05) is 0 Å². The number of nitrogens with one attached hydrogen (secondary N) is 1. The van der Waals surface area contributed by atoms with E-state index in [0.29, 0.717) is 11.3 Å². The van der Waals surface area contributed by atoms with Crippen LogP contribution in [-0.4, -0.2) is 23.0 Å². The van der Waals surface area contributed by atoms with E-state index in [1.165, 1.54) is 12.3 Å². The van der Waals surface area contributed by atoms with Crippen LogP contribution in [0.15, 0.2) is 53.1 Å². The van der Waals surface area contributed by atoms with Gasteiger partial charge in [0.1, 0.15) is 11.6 Å². The Labute approximate surface area is 171 Å². The number of halogens is 2. The van der Waals surface area contributed by atoms with Crippen LogP contribution >= 0.6 is 0 Å². The Hall–Kier alpha value is -3.55. The van der Waals surface area contributed by atoms with Crippen molar-refractivity contribution in [3.8, 4) is 11.3 Å². The molecule has 0 atom stereocenters. The molecule has 0 spiro atoms.